The third-order valence-corrected chi connectivity index (χ3v) is 8.94. The zero-order valence-electron chi connectivity index (χ0n) is 24.7. The largest absolute Gasteiger partial charge is 0.378 e. The number of carbonyl (C=O) groups is 1. The molecular formula is C30H41F2N9O2. The molecule has 0 radical (unpaired) electrons. The van der Waals surface area contributed by atoms with E-state index in [2.05, 4.69) is 20.2 Å². The van der Waals surface area contributed by atoms with Crippen LogP contribution in [0.3, 0.4) is 0 Å². The Hall–Kier alpha value is -3.42. The van der Waals surface area contributed by atoms with Crippen LogP contribution in [0.5, 0.6) is 0 Å². The second kappa shape index (κ2) is 13.1. The number of morpholine rings is 1. The molecule has 0 aliphatic carbocycles. The number of benzene rings is 1. The Morgan fingerprint density at radius 1 is 1.05 bits per heavy atom. The van der Waals surface area contributed by atoms with E-state index < -0.39 is 18.3 Å². The zero-order valence-corrected chi connectivity index (χ0v) is 24.7. The number of aromatic nitrogens is 4. The molecule has 0 saturated carbocycles. The maximum Gasteiger partial charge on any atom is 0.296 e. The molecule has 3 saturated heterocycles. The molecule has 1 amide bonds. The van der Waals surface area contributed by atoms with Crippen LogP contribution in [0.1, 0.15) is 44.9 Å². The van der Waals surface area contributed by atoms with Crippen LogP contribution in [0, 0.1) is 5.92 Å². The topological polar surface area (TPSA) is 118 Å². The SMILES string of the molecule is C[C@H](Nc1nc(N2CCOCC2)cc(-n2c(C(F)F)nc3ccccc32)n1)C(=O)N1CCC(N2CCCC(CN)C2)CC1. The maximum atomic E-state index is 14.2. The van der Waals surface area contributed by atoms with Crippen LogP contribution in [0.15, 0.2) is 30.3 Å². The fraction of sp³-hybridized carbons (Fsp3) is 0.600. The first-order valence-corrected chi connectivity index (χ1v) is 15.4. The van der Waals surface area contributed by atoms with E-state index in [1.54, 1.807) is 37.3 Å². The van der Waals surface area contributed by atoms with Crippen molar-refractivity contribution in [3.8, 4) is 5.82 Å². The van der Waals surface area contributed by atoms with E-state index in [1.807, 2.05) is 9.80 Å². The number of carbonyl (C=O) groups excluding carboxylic acids is 1. The Labute approximate surface area is 250 Å². The molecule has 3 aliphatic heterocycles. The monoisotopic (exact) mass is 597 g/mol. The molecule has 3 aromatic rings. The van der Waals surface area contributed by atoms with Crippen molar-refractivity contribution in [2.45, 2.75) is 51.1 Å². The normalized spacial score (nSPS) is 21.5. The van der Waals surface area contributed by atoms with Gasteiger partial charge in [-0.2, -0.15) is 9.97 Å². The van der Waals surface area contributed by atoms with Crippen LogP contribution in [0.4, 0.5) is 20.5 Å². The summed E-state index contributed by atoms with van der Waals surface area (Å²) >= 11 is 0. The number of amides is 1. The number of hydrogen-bond donors (Lipinski definition) is 2. The summed E-state index contributed by atoms with van der Waals surface area (Å²) < 4.78 is 35.3. The van der Waals surface area contributed by atoms with Crippen LogP contribution in [-0.4, -0.2) is 106 Å². The highest BCUT2D eigenvalue weighted by Crippen LogP contribution is 2.30. The number of nitrogens with zero attached hydrogens (tertiary/aromatic N) is 7. The number of anilines is 2. The van der Waals surface area contributed by atoms with E-state index in [1.165, 1.54) is 17.4 Å². The van der Waals surface area contributed by atoms with E-state index >= 15 is 0 Å². The number of nitrogens with two attached hydrogens (primary N) is 1. The Kier molecular flexibility index (Phi) is 9.01. The zero-order chi connectivity index (χ0) is 29.9. The maximum absolute atomic E-state index is 14.2. The number of fused-ring (bicyclic) bond motifs is 1. The van der Waals surface area contributed by atoms with Gasteiger partial charge in [0.25, 0.3) is 6.43 Å². The average molecular weight is 598 g/mol. The highest BCUT2D eigenvalue weighted by atomic mass is 19.3. The molecule has 3 fully saturated rings. The predicted octanol–water partition coefficient (Wildman–Crippen LogP) is 3.05. The number of nitrogens with one attached hydrogen (secondary N) is 1. The van der Waals surface area contributed by atoms with Crippen LogP contribution >= 0.6 is 0 Å². The number of imidazole rings is 1. The van der Waals surface area contributed by atoms with Crippen molar-refractivity contribution in [3.05, 3.63) is 36.2 Å². The molecule has 1 aromatic carbocycles. The standard InChI is InChI=1S/C30H41F2N9O2/c1-20(29(42)39-11-8-22(9-12-39)40-10-4-5-21(18-33)19-40)34-30-36-25(38-13-15-43-16-14-38)17-26(37-30)41-24-7-3-2-6-23(24)35-28(41)27(31)32/h2-3,6-7,17,20-22,27H,4-5,8-16,18-19,33H2,1H3,(H,34,36,37)/t20-,21?/m0/s1. The van der Waals surface area contributed by atoms with Gasteiger partial charge in [0.05, 0.1) is 24.2 Å². The minimum Gasteiger partial charge on any atom is -0.378 e. The molecule has 5 heterocycles. The van der Waals surface area contributed by atoms with Crippen molar-refractivity contribution in [1.29, 1.82) is 0 Å². The van der Waals surface area contributed by atoms with Crippen LogP contribution in [0.2, 0.25) is 0 Å². The van der Waals surface area contributed by atoms with E-state index in [0.717, 1.165) is 32.5 Å². The van der Waals surface area contributed by atoms with Crippen molar-refractivity contribution in [2.24, 2.45) is 11.7 Å². The van der Waals surface area contributed by atoms with Gasteiger partial charge >= 0.3 is 0 Å². The molecule has 0 spiro atoms. The molecule has 1 unspecified atom stereocenters. The number of para-hydroxylation sites is 2. The molecule has 3 aliphatic rings. The number of alkyl halides is 2. The summed E-state index contributed by atoms with van der Waals surface area (Å²) in [6.07, 6.45) is 1.45. The molecule has 13 heteroatoms. The summed E-state index contributed by atoms with van der Waals surface area (Å²) in [5, 5.41) is 3.19. The van der Waals surface area contributed by atoms with Crippen molar-refractivity contribution >= 4 is 28.7 Å². The van der Waals surface area contributed by atoms with Gasteiger partial charge in [-0.25, -0.2) is 13.8 Å². The van der Waals surface area contributed by atoms with Crippen molar-refractivity contribution in [3.63, 3.8) is 0 Å². The van der Waals surface area contributed by atoms with Crippen LogP contribution < -0.4 is 16.0 Å². The number of piperidine rings is 2. The Balaban J connectivity index is 1.21. The van der Waals surface area contributed by atoms with E-state index in [4.69, 9.17) is 15.5 Å². The van der Waals surface area contributed by atoms with E-state index in [0.29, 0.717) is 68.2 Å². The molecule has 43 heavy (non-hydrogen) atoms. The fourth-order valence-corrected chi connectivity index (χ4v) is 6.59. The van der Waals surface area contributed by atoms with Gasteiger partial charge in [-0.15, -0.1) is 0 Å². The molecule has 6 rings (SSSR count). The second-order valence-corrected chi connectivity index (χ2v) is 11.8. The Morgan fingerprint density at radius 2 is 1.79 bits per heavy atom. The number of ether oxygens (including phenoxy) is 1. The van der Waals surface area contributed by atoms with Gasteiger partial charge in [0.2, 0.25) is 11.9 Å². The summed E-state index contributed by atoms with van der Waals surface area (Å²) in [6, 6.07) is 8.57. The molecule has 11 nitrogen and oxygen atoms in total. The van der Waals surface area contributed by atoms with Crippen LogP contribution in [0.25, 0.3) is 16.9 Å². The van der Waals surface area contributed by atoms with Crippen molar-refractivity contribution < 1.29 is 18.3 Å². The smallest absolute Gasteiger partial charge is 0.296 e. The van der Waals surface area contributed by atoms with Gasteiger partial charge < -0.3 is 25.6 Å². The first-order chi connectivity index (χ1) is 20.9. The summed E-state index contributed by atoms with van der Waals surface area (Å²) in [4.78, 5) is 33.6. The minimum atomic E-state index is -2.81. The number of hydrogen-bond acceptors (Lipinski definition) is 9. The van der Waals surface area contributed by atoms with Gasteiger partial charge in [0.15, 0.2) is 5.82 Å². The van der Waals surface area contributed by atoms with Crippen molar-refractivity contribution in [1.82, 2.24) is 29.3 Å². The van der Waals surface area contributed by atoms with Gasteiger partial charge in [0.1, 0.15) is 17.7 Å². The van der Waals surface area contributed by atoms with Gasteiger partial charge in [-0.05, 0) is 63.7 Å². The Bertz CT molecular complexity index is 1410. The average Bonchev–Trinajstić information content (AvgIpc) is 3.45. The summed E-state index contributed by atoms with van der Waals surface area (Å²) in [6.45, 7) is 8.35. The van der Waals surface area contributed by atoms with E-state index in [9.17, 15) is 13.6 Å². The number of rotatable bonds is 8. The lowest BCUT2D eigenvalue weighted by molar-refractivity contribution is -0.133. The predicted molar refractivity (Wildman–Crippen MR) is 161 cm³/mol. The van der Waals surface area contributed by atoms with Gasteiger partial charge in [0, 0.05) is 44.8 Å². The first-order valence-electron chi connectivity index (χ1n) is 15.4. The molecule has 232 valence electrons. The summed E-state index contributed by atoms with van der Waals surface area (Å²) in [5.41, 5.74) is 6.92. The third kappa shape index (κ3) is 6.43. The highest BCUT2D eigenvalue weighted by Gasteiger charge is 2.32. The quantitative estimate of drug-likeness (QED) is 0.404. The minimum absolute atomic E-state index is 0.0276. The molecular weight excluding hydrogens is 556 g/mol. The lowest BCUT2D eigenvalue weighted by Gasteiger charge is -2.42. The van der Waals surface area contributed by atoms with E-state index in [-0.39, 0.29) is 17.7 Å². The third-order valence-electron chi connectivity index (χ3n) is 8.94. The fourth-order valence-electron chi connectivity index (χ4n) is 6.59. The summed E-state index contributed by atoms with van der Waals surface area (Å²) in [7, 11) is 0. The summed E-state index contributed by atoms with van der Waals surface area (Å²) in [5.74, 6) is 1.19. The van der Waals surface area contributed by atoms with Crippen molar-refractivity contribution in [2.75, 3.05) is 69.2 Å². The highest BCUT2D eigenvalue weighted by molar-refractivity contribution is 5.84. The first kappa shape index (κ1) is 29.6. The lowest BCUT2D eigenvalue weighted by Crippen LogP contribution is -2.52. The lowest BCUT2D eigenvalue weighted by atomic mass is 9.94. The van der Waals surface area contributed by atoms with Gasteiger partial charge in [-0.3, -0.25) is 14.3 Å². The molecule has 3 N–H and O–H groups in total. The molecule has 2 aromatic heterocycles. The second-order valence-electron chi connectivity index (χ2n) is 11.8. The molecule has 0 bridgehead atoms. The van der Waals surface area contributed by atoms with Gasteiger partial charge in [-0.1, -0.05) is 12.1 Å². The number of likely N-dealkylation sites (tertiary alicyclic amines) is 2. The number of halogens is 2. The van der Waals surface area contributed by atoms with Crippen LogP contribution in [-0.2, 0) is 9.53 Å². The molecule has 2 atom stereocenters. The Morgan fingerprint density at radius 3 is 2.53 bits per heavy atom.